The maximum atomic E-state index is 8.86. The molecule has 3 nitrogen and oxygen atoms in total. The van der Waals surface area contributed by atoms with Gasteiger partial charge >= 0.3 is 0 Å². The summed E-state index contributed by atoms with van der Waals surface area (Å²) in [5.41, 5.74) is 6.74. The second kappa shape index (κ2) is 7.19. The average molecular weight is 277 g/mol. The first-order valence-corrected chi connectivity index (χ1v) is 6.36. The summed E-state index contributed by atoms with van der Waals surface area (Å²) in [5.74, 6) is 0. The molecule has 2 unspecified atom stereocenters. The summed E-state index contributed by atoms with van der Waals surface area (Å²) in [5, 5.41) is 13.3. The van der Waals surface area contributed by atoms with Gasteiger partial charge in [-0.1, -0.05) is 29.3 Å². The van der Waals surface area contributed by atoms with E-state index in [2.05, 4.69) is 5.32 Å². The fourth-order valence-corrected chi connectivity index (χ4v) is 1.96. The Balaban J connectivity index is 2.75. The zero-order valence-electron chi connectivity index (χ0n) is 9.79. The van der Waals surface area contributed by atoms with E-state index in [1.807, 2.05) is 19.1 Å². The third-order valence-corrected chi connectivity index (χ3v) is 3.37. The predicted molar refractivity (Wildman–Crippen MR) is 72.6 cm³/mol. The van der Waals surface area contributed by atoms with Crippen LogP contribution in [0.5, 0.6) is 0 Å². The Morgan fingerprint density at radius 2 is 2.06 bits per heavy atom. The third kappa shape index (κ3) is 4.45. The van der Waals surface area contributed by atoms with Gasteiger partial charge < -0.3 is 16.2 Å². The van der Waals surface area contributed by atoms with Gasteiger partial charge in [-0.25, -0.2) is 0 Å². The van der Waals surface area contributed by atoms with Gasteiger partial charge in [-0.05, 0) is 31.0 Å². The van der Waals surface area contributed by atoms with Crippen LogP contribution in [-0.2, 0) is 0 Å². The molecule has 2 atom stereocenters. The minimum Gasteiger partial charge on any atom is -0.396 e. The van der Waals surface area contributed by atoms with Crippen LogP contribution < -0.4 is 11.1 Å². The van der Waals surface area contributed by atoms with E-state index in [9.17, 15) is 0 Å². The number of halogens is 2. The second-order valence-electron chi connectivity index (χ2n) is 4.04. The molecule has 0 heterocycles. The highest BCUT2D eigenvalue weighted by Crippen LogP contribution is 2.25. The van der Waals surface area contributed by atoms with Gasteiger partial charge in [0.25, 0.3) is 0 Å². The van der Waals surface area contributed by atoms with E-state index < -0.39 is 0 Å². The minimum atomic E-state index is 0.0197. The molecule has 5 heteroatoms. The molecule has 0 saturated carbocycles. The van der Waals surface area contributed by atoms with Crippen molar-refractivity contribution in [2.45, 2.75) is 25.4 Å². The van der Waals surface area contributed by atoms with Crippen LogP contribution in [0.1, 0.15) is 24.9 Å². The molecule has 0 amide bonds. The van der Waals surface area contributed by atoms with Crippen molar-refractivity contribution < 1.29 is 5.11 Å². The summed E-state index contributed by atoms with van der Waals surface area (Å²) in [6.45, 7) is 2.64. The Labute approximate surface area is 112 Å². The van der Waals surface area contributed by atoms with Crippen molar-refractivity contribution in [2.75, 3.05) is 13.2 Å². The van der Waals surface area contributed by atoms with Crippen LogP contribution >= 0.6 is 23.2 Å². The Morgan fingerprint density at radius 3 is 2.59 bits per heavy atom. The van der Waals surface area contributed by atoms with Gasteiger partial charge in [-0.3, -0.25) is 0 Å². The summed E-state index contributed by atoms with van der Waals surface area (Å²) in [7, 11) is 0. The largest absolute Gasteiger partial charge is 0.396 e. The van der Waals surface area contributed by atoms with Crippen molar-refractivity contribution in [1.29, 1.82) is 0 Å². The van der Waals surface area contributed by atoms with E-state index in [1.54, 1.807) is 6.07 Å². The summed E-state index contributed by atoms with van der Waals surface area (Å²) < 4.78 is 0. The molecule has 0 aliphatic rings. The van der Waals surface area contributed by atoms with Gasteiger partial charge in [-0.2, -0.15) is 0 Å². The topological polar surface area (TPSA) is 58.3 Å². The molecule has 0 aliphatic carbocycles. The maximum Gasteiger partial charge on any atom is 0.0595 e. The molecule has 1 aromatic rings. The molecule has 0 fully saturated rings. The summed E-state index contributed by atoms with van der Waals surface area (Å²) >= 11 is 11.8. The second-order valence-corrected chi connectivity index (χ2v) is 4.86. The molecular formula is C12H18Cl2N2O. The molecular weight excluding hydrogens is 259 g/mol. The minimum absolute atomic E-state index is 0.0197. The van der Waals surface area contributed by atoms with Gasteiger partial charge in [0, 0.05) is 25.2 Å². The average Bonchev–Trinajstić information content (AvgIpc) is 2.30. The Bertz CT molecular complexity index is 360. The third-order valence-electron chi connectivity index (χ3n) is 2.63. The quantitative estimate of drug-likeness (QED) is 0.748. The lowest BCUT2D eigenvalue weighted by Gasteiger charge is -2.22. The predicted octanol–water partition coefficient (Wildman–Crippen LogP) is 2.35. The van der Waals surface area contributed by atoms with Crippen LogP contribution in [0.25, 0.3) is 0 Å². The number of nitrogens with one attached hydrogen (secondary N) is 1. The summed E-state index contributed by atoms with van der Waals surface area (Å²) in [4.78, 5) is 0. The molecule has 0 radical (unpaired) electrons. The molecule has 0 aromatic heterocycles. The van der Waals surface area contributed by atoms with Crippen molar-refractivity contribution in [3.8, 4) is 0 Å². The molecule has 0 spiro atoms. The van der Waals surface area contributed by atoms with Crippen LogP contribution in [0.3, 0.4) is 0 Å². The molecule has 17 heavy (non-hydrogen) atoms. The number of hydrogen-bond acceptors (Lipinski definition) is 3. The Hall–Kier alpha value is -0.320. The van der Waals surface area contributed by atoms with E-state index >= 15 is 0 Å². The highest BCUT2D eigenvalue weighted by molar-refractivity contribution is 6.42. The molecule has 4 N–H and O–H groups in total. The standard InChI is InChI=1S/C12H18Cl2N2O/c1-8(4-5-17)16-12(7-15)9-2-3-10(13)11(14)6-9/h2-3,6,8,12,16-17H,4-5,7,15H2,1H3. The maximum absolute atomic E-state index is 8.86. The van der Waals surface area contributed by atoms with Crippen LogP contribution in [0, 0.1) is 0 Å². The molecule has 0 aliphatic heterocycles. The molecule has 96 valence electrons. The summed E-state index contributed by atoms with van der Waals surface area (Å²) in [6.07, 6.45) is 0.692. The lowest BCUT2D eigenvalue weighted by atomic mass is 10.1. The Morgan fingerprint density at radius 1 is 1.35 bits per heavy atom. The molecule has 0 bridgehead atoms. The lowest BCUT2D eigenvalue weighted by Crippen LogP contribution is -2.35. The normalized spacial score (nSPS) is 14.6. The van der Waals surface area contributed by atoms with Crippen molar-refractivity contribution in [1.82, 2.24) is 5.32 Å². The van der Waals surface area contributed by atoms with E-state index in [0.29, 0.717) is 23.0 Å². The van der Waals surface area contributed by atoms with Crippen LogP contribution in [0.4, 0.5) is 0 Å². The van der Waals surface area contributed by atoms with E-state index in [0.717, 1.165) is 5.56 Å². The first-order chi connectivity index (χ1) is 8.08. The van der Waals surface area contributed by atoms with Crippen molar-refractivity contribution in [2.24, 2.45) is 5.73 Å². The van der Waals surface area contributed by atoms with Crippen LogP contribution in [0.15, 0.2) is 18.2 Å². The van der Waals surface area contributed by atoms with E-state index in [4.69, 9.17) is 34.0 Å². The smallest absolute Gasteiger partial charge is 0.0595 e. The fourth-order valence-electron chi connectivity index (χ4n) is 1.65. The van der Waals surface area contributed by atoms with Gasteiger partial charge in [0.15, 0.2) is 0 Å². The fraction of sp³-hybridized carbons (Fsp3) is 0.500. The first-order valence-electron chi connectivity index (χ1n) is 5.60. The number of nitrogens with two attached hydrogens (primary N) is 1. The molecule has 1 aromatic carbocycles. The Kier molecular flexibility index (Phi) is 6.23. The van der Waals surface area contributed by atoms with Gasteiger partial charge in [0.05, 0.1) is 10.0 Å². The van der Waals surface area contributed by atoms with E-state index in [1.165, 1.54) is 0 Å². The number of aliphatic hydroxyl groups excluding tert-OH is 1. The molecule has 1 rings (SSSR count). The highest BCUT2D eigenvalue weighted by Gasteiger charge is 2.13. The van der Waals surface area contributed by atoms with Crippen molar-refractivity contribution in [3.63, 3.8) is 0 Å². The van der Waals surface area contributed by atoms with Gasteiger partial charge in [-0.15, -0.1) is 0 Å². The van der Waals surface area contributed by atoms with Crippen LogP contribution in [-0.4, -0.2) is 24.3 Å². The number of aliphatic hydroxyl groups is 1. The monoisotopic (exact) mass is 276 g/mol. The van der Waals surface area contributed by atoms with Gasteiger partial charge in [0.2, 0.25) is 0 Å². The number of hydrogen-bond donors (Lipinski definition) is 3. The number of rotatable bonds is 6. The van der Waals surface area contributed by atoms with Crippen LogP contribution in [0.2, 0.25) is 10.0 Å². The molecule has 0 saturated heterocycles. The highest BCUT2D eigenvalue weighted by atomic mass is 35.5. The van der Waals surface area contributed by atoms with Gasteiger partial charge in [0.1, 0.15) is 0 Å². The van der Waals surface area contributed by atoms with Crippen molar-refractivity contribution in [3.05, 3.63) is 33.8 Å². The SMILES string of the molecule is CC(CCO)NC(CN)c1ccc(Cl)c(Cl)c1. The zero-order chi connectivity index (χ0) is 12.8. The lowest BCUT2D eigenvalue weighted by molar-refractivity contribution is 0.263. The number of benzene rings is 1. The van der Waals surface area contributed by atoms with Crippen molar-refractivity contribution >= 4 is 23.2 Å². The first kappa shape index (κ1) is 14.7. The zero-order valence-corrected chi connectivity index (χ0v) is 11.3. The summed E-state index contributed by atoms with van der Waals surface area (Å²) in [6, 6.07) is 5.71. The van der Waals surface area contributed by atoms with E-state index in [-0.39, 0.29) is 18.7 Å².